The van der Waals surface area contributed by atoms with Crippen molar-refractivity contribution in [2.45, 2.75) is 37.8 Å². The number of carbonyl (C=O) groups excluding carboxylic acids is 4. The van der Waals surface area contributed by atoms with Crippen molar-refractivity contribution in [2.24, 2.45) is 0 Å². The lowest BCUT2D eigenvalue weighted by atomic mass is 10.1. The number of rotatable bonds is 12. The van der Waals surface area contributed by atoms with E-state index in [-0.39, 0.29) is 23.6 Å². The number of amides is 4. The first-order valence-electron chi connectivity index (χ1n) is 17.8. The predicted octanol–water partition coefficient (Wildman–Crippen LogP) is 6.38. The van der Waals surface area contributed by atoms with E-state index in [4.69, 9.17) is 18.9 Å². The molecule has 0 aromatic heterocycles. The second kappa shape index (κ2) is 17.0. The van der Waals surface area contributed by atoms with Crippen molar-refractivity contribution in [1.29, 1.82) is 0 Å². The number of methoxy groups -OCH3 is 4. The summed E-state index contributed by atoms with van der Waals surface area (Å²) in [5.41, 5.74) is 3.80. The van der Waals surface area contributed by atoms with Gasteiger partial charge in [0.25, 0.3) is 11.8 Å². The van der Waals surface area contributed by atoms with Gasteiger partial charge in [-0.2, -0.15) is 0 Å². The predicted molar refractivity (Wildman–Crippen MR) is 206 cm³/mol. The number of carbonyl (C=O) groups is 4. The minimum atomic E-state index is -0.608. The molecule has 2 saturated heterocycles. The lowest BCUT2D eigenvalue weighted by molar-refractivity contribution is -0.120. The van der Waals surface area contributed by atoms with Crippen LogP contribution in [-0.4, -0.2) is 87.0 Å². The number of likely N-dealkylation sites (tertiary alicyclic amines) is 2. The van der Waals surface area contributed by atoms with Crippen molar-refractivity contribution in [1.82, 2.24) is 9.80 Å². The number of benzene rings is 4. The Balaban J connectivity index is 1.03. The fourth-order valence-corrected chi connectivity index (χ4v) is 6.84. The average molecular weight is 733 g/mol. The minimum absolute atomic E-state index is 0.248. The summed E-state index contributed by atoms with van der Waals surface area (Å²) in [6, 6.07) is 23.7. The highest BCUT2D eigenvalue weighted by atomic mass is 16.5. The van der Waals surface area contributed by atoms with Crippen LogP contribution in [-0.2, 0) is 9.59 Å². The van der Waals surface area contributed by atoms with Gasteiger partial charge in [-0.1, -0.05) is 36.4 Å². The molecule has 2 fully saturated rings. The maximum Gasteiger partial charge on any atom is 0.258 e. The van der Waals surface area contributed by atoms with E-state index in [0.717, 1.165) is 11.1 Å². The van der Waals surface area contributed by atoms with Crippen LogP contribution in [0, 0.1) is 0 Å². The highest BCUT2D eigenvalue weighted by molar-refractivity contribution is 6.04. The maximum atomic E-state index is 13.5. The second-order valence-electron chi connectivity index (χ2n) is 13.0. The number of anilines is 2. The molecule has 0 saturated carbocycles. The van der Waals surface area contributed by atoms with Crippen LogP contribution in [0.1, 0.15) is 57.5 Å². The Morgan fingerprint density at radius 3 is 1.30 bits per heavy atom. The number of hydrogen-bond acceptors (Lipinski definition) is 8. The number of nitrogens with zero attached hydrogens (tertiary/aromatic N) is 2. The highest BCUT2D eigenvalue weighted by Crippen LogP contribution is 2.31. The Hall–Kier alpha value is -6.30. The molecular weight excluding hydrogens is 688 g/mol. The molecule has 0 aliphatic carbocycles. The third kappa shape index (κ3) is 8.33. The molecule has 12 heteroatoms. The van der Waals surface area contributed by atoms with Crippen molar-refractivity contribution in [2.75, 3.05) is 52.2 Å². The van der Waals surface area contributed by atoms with Gasteiger partial charge in [-0.15, -0.1) is 0 Å². The molecule has 2 N–H and O–H groups in total. The summed E-state index contributed by atoms with van der Waals surface area (Å²) in [4.78, 5) is 56.8. The van der Waals surface area contributed by atoms with Crippen molar-refractivity contribution in [3.8, 4) is 23.0 Å². The Labute approximate surface area is 314 Å². The molecule has 0 bridgehead atoms. The van der Waals surface area contributed by atoms with Crippen LogP contribution in [0.15, 0.2) is 84.9 Å². The van der Waals surface area contributed by atoms with E-state index in [1.165, 1.54) is 28.4 Å². The van der Waals surface area contributed by atoms with E-state index >= 15 is 0 Å². The van der Waals surface area contributed by atoms with Crippen LogP contribution >= 0.6 is 0 Å². The summed E-state index contributed by atoms with van der Waals surface area (Å²) in [7, 11) is 6.07. The van der Waals surface area contributed by atoms with Crippen molar-refractivity contribution in [3.63, 3.8) is 0 Å². The van der Waals surface area contributed by atoms with Crippen molar-refractivity contribution in [3.05, 3.63) is 107 Å². The molecule has 4 aromatic rings. The zero-order valence-corrected chi connectivity index (χ0v) is 30.8. The molecule has 0 radical (unpaired) electrons. The molecule has 12 nitrogen and oxygen atoms in total. The molecule has 2 aliphatic heterocycles. The molecule has 0 spiro atoms. The zero-order chi connectivity index (χ0) is 38.2. The summed E-state index contributed by atoms with van der Waals surface area (Å²) in [6.45, 7) is 0.936. The molecule has 6 rings (SSSR count). The Bertz CT molecular complexity index is 1880. The zero-order valence-electron chi connectivity index (χ0n) is 30.8. The van der Waals surface area contributed by atoms with Crippen LogP contribution in [0.5, 0.6) is 23.0 Å². The van der Waals surface area contributed by atoms with Gasteiger partial charge in [0.1, 0.15) is 35.1 Å². The number of hydrogen-bond donors (Lipinski definition) is 2. The number of ether oxygens (including phenoxy) is 4. The van der Waals surface area contributed by atoms with Gasteiger partial charge in [0.2, 0.25) is 11.8 Å². The van der Waals surface area contributed by atoms with Crippen LogP contribution in [0.4, 0.5) is 11.4 Å². The van der Waals surface area contributed by atoms with E-state index < -0.39 is 12.1 Å². The van der Waals surface area contributed by atoms with Gasteiger partial charge in [0.15, 0.2) is 0 Å². The molecule has 2 aliphatic rings. The van der Waals surface area contributed by atoms with Crippen molar-refractivity contribution >= 4 is 47.2 Å². The smallest absolute Gasteiger partial charge is 0.258 e. The van der Waals surface area contributed by atoms with E-state index in [0.29, 0.717) is 84.3 Å². The summed E-state index contributed by atoms with van der Waals surface area (Å²) in [5, 5.41) is 5.92. The molecule has 2 heterocycles. The fraction of sp³-hybridized carbons (Fsp3) is 0.286. The topological polar surface area (TPSA) is 136 Å². The molecule has 280 valence electrons. The van der Waals surface area contributed by atoms with Gasteiger partial charge in [-0.3, -0.25) is 19.2 Å². The first-order chi connectivity index (χ1) is 26.2. The van der Waals surface area contributed by atoms with Crippen LogP contribution < -0.4 is 29.6 Å². The molecule has 4 aromatic carbocycles. The Kier molecular flexibility index (Phi) is 11.8. The van der Waals surface area contributed by atoms with Gasteiger partial charge in [-0.05, 0) is 97.5 Å². The normalized spacial score (nSPS) is 16.6. The van der Waals surface area contributed by atoms with Crippen LogP contribution in [0.25, 0.3) is 12.2 Å². The molecule has 2 atom stereocenters. The maximum absolute atomic E-state index is 13.5. The average Bonchev–Trinajstić information content (AvgIpc) is 3.91. The van der Waals surface area contributed by atoms with Gasteiger partial charge < -0.3 is 39.4 Å². The first kappa shape index (κ1) is 37.5. The lowest BCUT2D eigenvalue weighted by Gasteiger charge is -2.25. The van der Waals surface area contributed by atoms with E-state index in [1.807, 2.05) is 60.7 Å². The van der Waals surface area contributed by atoms with Gasteiger partial charge in [0.05, 0.1) is 39.6 Å². The van der Waals surface area contributed by atoms with E-state index in [9.17, 15) is 19.2 Å². The summed E-state index contributed by atoms with van der Waals surface area (Å²) in [5.74, 6) is 0.855. The highest BCUT2D eigenvalue weighted by Gasteiger charge is 2.37. The standard InChI is InChI=1S/C42H44N4O8/c1-51-31-19-21-37(53-3)33(25-31)41(49)45-23-5-7-35(45)39(47)43-29-15-11-27(12-16-29)9-10-28-13-17-30(18-14-28)44-40(48)36-8-6-24-46(36)42(50)34-26-32(52-2)20-22-38(34)54-4/h9-22,25-26,35-36H,5-8,23-24H2,1-4H3,(H,43,47)(H,44,48)/b10-9+/t35-,36-/m0/s1. The van der Waals surface area contributed by atoms with Crippen LogP contribution in [0.2, 0.25) is 0 Å². The van der Waals surface area contributed by atoms with Crippen LogP contribution in [0.3, 0.4) is 0 Å². The minimum Gasteiger partial charge on any atom is -0.497 e. The second-order valence-corrected chi connectivity index (χ2v) is 13.0. The SMILES string of the molecule is COc1ccc(OC)c(C(=O)N2CCC[C@H]2C(=O)Nc2ccc(/C=C/c3ccc(NC(=O)[C@@H]4CCCN4C(=O)c4cc(OC)ccc4OC)cc3)cc2)c1. The monoisotopic (exact) mass is 732 g/mol. The lowest BCUT2D eigenvalue weighted by Crippen LogP contribution is -2.43. The van der Waals surface area contributed by atoms with Gasteiger partial charge >= 0.3 is 0 Å². The summed E-state index contributed by atoms with van der Waals surface area (Å²) >= 11 is 0. The van der Waals surface area contributed by atoms with E-state index in [2.05, 4.69) is 10.6 Å². The Morgan fingerprint density at radius 1 is 0.556 bits per heavy atom. The first-order valence-corrected chi connectivity index (χ1v) is 17.8. The largest absolute Gasteiger partial charge is 0.497 e. The third-order valence-electron chi connectivity index (χ3n) is 9.73. The third-order valence-corrected chi connectivity index (χ3v) is 9.73. The Morgan fingerprint density at radius 2 is 0.944 bits per heavy atom. The van der Waals surface area contributed by atoms with E-state index in [1.54, 1.807) is 46.2 Å². The van der Waals surface area contributed by atoms with Crippen molar-refractivity contribution < 1.29 is 38.1 Å². The molecular formula is C42H44N4O8. The molecule has 54 heavy (non-hydrogen) atoms. The van der Waals surface area contributed by atoms with Gasteiger partial charge in [0, 0.05) is 24.5 Å². The summed E-state index contributed by atoms with van der Waals surface area (Å²) < 4.78 is 21.4. The number of nitrogens with one attached hydrogen (secondary N) is 2. The molecule has 0 unspecified atom stereocenters. The quantitative estimate of drug-likeness (QED) is 0.160. The molecule has 4 amide bonds. The summed E-state index contributed by atoms with van der Waals surface area (Å²) in [6.07, 6.45) is 6.46. The fourth-order valence-electron chi connectivity index (χ4n) is 6.84. The van der Waals surface area contributed by atoms with Gasteiger partial charge in [-0.25, -0.2) is 0 Å².